The van der Waals surface area contributed by atoms with Gasteiger partial charge in [0.1, 0.15) is 9.77 Å². The van der Waals surface area contributed by atoms with E-state index in [1.165, 1.54) is 17.5 Å². The van der Waals surface area contributed by atoms with E-state index in [4.69, 9.17) is 10.5 Å². The van der Waals surface area contributed by atoms with Gasteiger partial charge >= 0.3 is 5.97 Å². The van der Waals surface area contributed by atoms with Gasteiger partial charge in [0.15, 0.2) is 0 Å². The molecule has 1 aromatic carbocycles. The van der Waals surface area contributed by atoms with E-state index in [1.54, 1.807) is 25.1 Å². The van der Waals surface area contributed by atoms with E-state index in [1.807, 2.05) is 0 Å². The van der Waals surface area contributed by atoms with Gasteiger partial charge in [0.25, 0.3) is 0 Å². The summed E-state index contributed by atoms with van der Waals surface area (Å²) in [6.45, 7) is 1.88. The zero-order chi connectivity index (χ0) is 14.8. The second-order valence-electron chi connectivity index (χ2n) is 3.88. The summed E-state index contributed by atoms with van der Waals surface area (Å²) >= 11 is 0.967. The largest absolute Gasteiger partial charge is 0.462 e. The summed E-state index contributed by atoms with van der Waals surface area (Å²) in [6, 6.07) is 7.94. The molecule has 1 aromatic heterocycles. The summed E-state index contributed by atoms with van der Waals surface area (Å²) in [7, 11) is -3.72. The lowest BCUT2D eigenvalue weighted by molar-refractivity contribution is 0.0533. The average Bonchev–Trinajstić information content (AvgIpc) is 2.82. The van der Waals surface area contributed by atoms with Crippen molar-refractivity contribution in [1.82, 2.24) is 0 Å². The number of anilines is 1. The number of esters is 1. The van der Waals surface area contributed by atoms with Crippen LogP contribution >= 0.6 is 11.3 Å². The number of carbonyl (C=O) groups excluding carboxylic acids is 1. The minimum Gasteiger partial charge on any atom is -0.462 e. The third-order valence-corrected chi connectivity index (χ3v) is 5.53. The van der Waals surface area contributed by atoms with E-state index in [-0.39, 0.29) is 27.0 Å². The van der Waals surface area contributed by atoms with E-state index < -0.39 is 15.8 Å². The predicted molar refractivity (Wildman–Crippen MR) is 76.6 cm³/mol. The topological polar surface area (TPSA) is 86.5 Å². The van der Waals surface area contributed by atoms with Crippen molar-refractivity contribution in [2.24, 2.45) is 0 Å². The molecule has 5 nitrogen and oxygen atoms in total. The van der Waals surface area contributed by atoms with E-state index in [9.17, 15) is 13.2 Å². The maximum atomic E-state index is 12.4. The fourth-order valence-electron chi connectivity index (χ4n) is 1.64. The number of sulfone groups is 1. The minimum atomic E-state index is -3.72. The van der Waals surface area contributed by atoms with Crippen LogP contribution in [0.3, 0.4) is 0 Å². The van der Waals surface area contributed by atoms with Gasteiger partial charge in [0.05, 0.1) is 17.2 Å². The molecule has 2 rings (SSSR count). The number of benzene rings is 1. The van der Waals surface area contributed by atoms with Gasteiger partial charge in [0.2, 0.25) is 9.84 Å². The Kier molecular flexibility index (Phi) is 4.10. The van der Waals surface area contributed by atoms with Gasteiger partial charge in [-0.2, -0.15) is 0 Å². The summed E-state index contributed by atoms with van der Waals surface area (Å²) in [5.74, 6) is -0.607. The molecule has 0 aliphatic rings. The fraction of sp³-hybridized carbons (Fsp3) is 0.154. The fourth-order valence-corrected chi connectivity index (χ4v) is 4.26. The number of nitrogen functional groups attached to an aromatic ring is 1. The Hall–Kier alpha value is -1.86. The van der Waals surface area contributed by atoms with Crippen LogP contribution in [0, 0.1) is 0 Å². The molecule has 0 atom stereocenters. The summed E-state index contributed by atoms with van der Waals surface area (Å²) in [6.07, 6.45) is 0. The van der Waals surface area contributed by atoms with Gasteiger partial charge in [-0.3, -0.25) is 0 Å². The lowest BCUT2D eigenvalue weighted by Crippen LogP contribution is -2.08. The molecular formula is C13H13NO4S2. The van der Waals surface area contributed by atoms with Crippen LogP contribution in [-0.2, 0) is 14.6 Å². The molecule has 2 aromatic rings. The van der Waals surface area contributed by atoms with Gasteiger partial charge in [-0.25, -0.2) is 13.2 Å². The molecule has 0 aliphatic heterocycles. The van der Waals surface area contributed by atoms with Crippen LogP contribution in [-0.4, -0.2) is 21.0 Å². The lowest BCUT2D eigenvalue weighted by Gasteiger charge is -2.04. The molecule has 2 N–H and O–H groups in total. The normalized spacial score (nSPS) is 11.2. The molecule has 0 fully saturated rings. The van der Waals surface area contributed by atoms with Crippen molar-refractivity contribution in [2.45, 2.75) is 16.7 Å². The Balaban J connectivity index is 2.47. The SMILES string of the molecule is CCOC(=O)c1scc(S(=O)(=O)c2ccccc2)c1N. The molecule has 106 valence electrons. The van der Waals surface area contributed by atoms with E-state index in [0.717, 1.165) is 11.3 Å². The van der Waals surface area contributed by atoms with Gasteiger partial charge in [0, 0.05) is 5.38 Å². The van der Waals surface area contributed by atoms with E-state index >= 15 is 0 Å². The minimum absolute atomic E-state index is 0.0581. The van der Waals surface area contributed by atoms with Crippen LogP contribution < -0.4 is 5.73 Å². The molecule has 0 spiro atoms. The standard InChI is InChI=1S/C13H13NO4S2/c1-2-18-13(15)12-11(14)10(8-19-12)20(16,17)9-6-4-3-5-7-9/h3-8H,2,14H2,1H3. The Morgan fingerprint density at radius 3 is 2.55 bits per heavy atom. The quantitative estimate of drug-likeness (QED) is 0.876. The van der Waals surface area contributed by atoms with Crippen LogP contribution in [0.5, 0.6) is 0 Å². The Morgan fingerprint density at radius 1 is 1.30 bits per heavy atom. The van der Waals surface area contributed by atoms with Gasteiger partial charge in [-0.05, 0) is 19.1 Å². The molecule has 0 bridgehead atoms. The van der Waals surface area contributed by atoms with Crippen LogP contribution in [0.25, 0.3) is 0 Å². The van der Waals surface area contributed by atoms with E-state index in [0.29, 0.717) is 0 Å². The number of ether oxygens (including phenoxy) is 1. The van der Waals surface area contributed by atoms with Crippen molar-refractivity contribution in [1.29, 1.82) is 0 Å². The zero-order valence-electron chi connectivity index (χ0n) is 10.7. The first-order chi connectivity index (χ1) is 9.48. The highest BCUT2D eigenvalue weighted by Gasteiger charge is 2.26. The van der Waals surface area contributed by atoms with Crippen LogP contribution in [0.15, 0.2) is 45.5 Å². The highest BCUT2D eigenvalue weighted by molar-refractivity contribution is 7.91. The second kappa shape index (κ2) is 5.64. The van der Waals surface area contributed by atoms with Gasteiger partial charge in [-0.15, -0.1) is 11.3 Å². The van der Waals surface area contributed by atoms with Crippen LogP contribution in [0.4, 0.5) is 5.69 Å². The molecule has 0 aliphatic carbocycles. The van der Waals surface area contributed by atoms with E-state index in [2.05, 4.69) is 0 Å². The number of nitrogens with two attached hydrogens (primary N) is 1. The molecule has 0 unspecified atom stereocenters. The Morgan fingerprint density at radius 2 is 1.95 bits per heavy atom. The van der Waals surface area contributed by atoms with Crippen molar-refractivity contribution in [3.8, 4) is 0 Å². The summed E-state index contributed by atoms with van der Waals surface area (Å²) in [4.78, 5) is 11.8. The molecule has 1 heterocycles. The number of carbonyl (C=O) groups is 1. The van der Waals surface area contributed by atoms with Gasteiger partial charge in [-0.1, -0.05) is 18.2 Å². The maximum Gasteiger partial charge on any atom is 0.350 e. The third kappa shape index (κ3) is 2.54. The highest BCUT2D eigenvalue weighted by Crippen LogP contribution is 2.33. The molecule has 0 radical (unpaired) electrons. The van der Waals surface area contributed by atoms with Crippen molar-refractivity contribution in [2.75, 3.05) is 12.3 Å². The zero-order valence-corrected chi connectivity index (χ0v) is 12.3. The number of hydrogen-bond acceptors (Lipinski definition) is 6. The molecule has 20 heavy (non-hydrogen) atoms. The van der Waals surface area contributed by atoms with Crippen molar-refractivity contribution in [3.05, 3.63) is 40.6 Å². The maximum absolute atomic E-state index is 12.4. The van der Waals surface area contributed by atoms with Crippen molar-refractivity contribution < 1.29 is 17.9 Å². The van der Waals surface area contributed by atoms with Crippen molar-refractivity contribution in [3.63, 3.8) is 0 Å². The summed E-state index contributed by atoms with van der Waals surface area (Å²) in [5, 5.41) is 1.36. The first-order valence-corrected chi connectivity index (χ1v) is 8.19. The first kappa shape index (κ1) is 14.5. The van der Waals surface area contributed by atoms with Crippen LogP contribution in [0.2, 0.25) is 0 Å². The predicted octanol–water partition coefficient (Wildman–Crippen LogP) is 2.34. The smallest absolute Gasteiger partial charge is 0.350 e. The number of rotatable bonds is 4. The molecular weight excluding hydrogens is 298 g/mol. The number of thiophene rings is 1. The first-order valence-electron chi connectivity index (χ1n) is 5.82. The monoisotopic (exact) mass is 311 g/mol. The number of hydrogen-bond donors (Lipinski definition) is 1. The third-order valence-electron chi connectivity index (χ3n) is 2.60. The lowest BCUT2D eigenvalue weighted by atomic mass is 10.4. The van der Waals surface area contributed by atoms with Crippen molar-refractivity contribution >= 4 is 32.8 Å². The summed E-state index contributed by atoms with van der Waals surface area (Å²) in [5.41, 5.74) is 5.73. The average molecular weight is 311 g/mol. The summed E-state index contributed by atoms with van der Waals surface area (Å²) < 4.78 is 29.7. The molecule has 0 saturated heterocycles. The highest BCUT2D eigenvalue weighted by atomic mass is 32.2. The Bertz CT molecular complexity index is 720. The second-order valence-corrected chi connectivity index (χ2v) is 6.68. The Labute approximate surface area is 120 Å². The van der Waals surface area contributed by atoms with Gasteiger partial charge < -0.3 is 10.5 Å². The van der Waals surface area contributed by atoms with Crippen LogP contribution in [0.1, 0.15) is 16.6 Å². The molecule has 0 saturated carbocycles. The molecule has 0 amide bonds. The molecule has 7 heteroatoms.